The number of hydrogen-bond donors (Lipinski definition) is 2. The predicted molar refractivity (Wildman–Crippen MR) is 148 cm³/mol. The molecule has 0 bridgehead atoms. The van der Waals surface area contributed by atoms with Crippen molar-refractivity contribution in [1.82, 2.24) is 24.8 Å². The van der Waals surface area contributed by atoms with Gasteiger partial charge in [0, 0.05) is 31.5 Å². The number of fused-ring (bicyclic) bond motifs is 1. The Balaban J connectivity index is 1.32. The van der Waals surface area contributed by atoms with E-state index in [1.54, 1.807) is 23.2 Å². The molecule has 0 spiro atoms. The molecule has 0 aliphatic carbocycles. The molecular formula is C28H29ClN6O4. The first-order valence-corrected chi connectivity index (χ1v) is 12.9. The van der Waals surface area contributed by atoms with Crippen LogP contribution in [-0.2, 0) is 11.4 Å². The molecule has 1 fully saturated rings. The van der Waals surface area contributed by atoms with E-state index < -0.39 is 6.61 Å². The second-order valence-electron chi connectivity index (χ2n) is 9.20. The Labute approximate surface area is 231 Å². The Hall–Kier alpha value is -3.99. The van der Waals surface area contributed by atoms with Crippen LogP contribution in [0.2, 0.25) is 5.02 Å². The fraction of sp³-hybridized carbons (Fsp3) is 0.286. The van der Waals surface area contributed by atoms with Crippen LogP contribution < -0.4 is 14.8 Å². The van der Waals surface area contributed by atoms with Crippen molar-refractivity contribution in [3.63, 3.8) is 0 Å². The summed E-state index contributed by atoms with van der Waals surface area (Å²) in [7, 11) is 2.00. The first-order valence-electron chi connectivity index (χ1n) is 12.6. The summed E-state index contributed by atoms with van der Waals surface area (Å²) in [5.41, 5.74) is 2.26. The molecule has 0 radical (unpaired) electrons. The second-order valence-corrected chi connectivity index (χ2v) is 9.60. The van der Waals surface area contributed by atoms with Crippen molar-refractivity contribution in [3.05, 3.63) is 77.8 Å². The highest BCUT2D eigenvalue weighted by atomic mass is 35.5. The highest BCUT2D eigenvalue weighted by Gasteiger charge is 2.27. The molecule has 4 aromatic rings. The van der Waals surface area contributed by atoms with Gasteiger partial charge in [-0.25, -0.2) is 9.97 Å². The highest BCUT2D eigenvalue weighted by Crippen LogP contribution is 2.34. The van der Waals surface area contributed by atoms with Gasteiger partial charge in [0.15, 0.2) is 0 Å². The Bertz CT molecular complexity index is 1440. The molecule has 2 aromatic carbocycles. The number of ether oxygens (including phenoxy) is 2. The van der Waals surface area contributed by atoms with Crippen molar-refractivity contribution in [2.24, 2.45) is 0 Å². The van der Waals surface area contributed by atoms with Gasteiger partial charge in [0.05, 0.1) is 27.7 Å². The number of likely N-dealkylation sites (N-methyl/N-ethyl adjacent to an activating group) is 1. The van der Waals surface area contributed by atoms with Crippen molar-refractivity contribution in [3.8, 4) is 11.5 Å². The molecule has 1 aliphatic heterocycles. The maximum atomic E-state index is 12.0. The molecule has 11 heteroatoms. The second kappa shape index (κ2) is 12.2. The monoisotopic (exact) mass is 548 g/mol. The summed E-state index contributed by atoms with van der Waals surface area (Å²) < 4.78 is 12.1. The molecule has 1 saturated heterocycles. The minimum Gasteiger partial charge on any atom is -0.491 e. The van der Waals surface area contributed by atoms with E-state index in [-0.39, 0.29) is 11.9 Å². The van der Waals surface area contributed by atoms with Crippen LogP contribution >= 0.6 is 11.6 Å². The van der Waals surface area contributed by atoms with E-state index in [1.807, 2.05) is 49.5 Å². The topological polar surface area (TPSA) is 113 Å². The molecule has 1 atom stereocenters. The number of piperazine rings is 1. The number of aromatic nitrogens is 3. The number of nitrogens with one attached hydrogen (secondary N) is 1. The standard InChI is InChI=1S/C28H29ClN6O4/c1-34-11-12-35(26(37)15-36)14-21(34)17-39-25-7-4-6-23-27(25)28(32-18-31-23)33-19-8-9-24(22(29)13-19)38-16-20-5-2-3-10-30-20/h2-10,13,18,21,36H,11-12,14-17H2,1H3,(H,31,32,33). The van der Waals surface area contributed by atoms with Crippen molar-refractivity contribution >= 4 is 39.9 Å². The number of rotatable bonds is 9. The quantitative estimate of drug-likeness (QED) is 0.324. The zero-order valence-electron chi connectivity index (χ0n) is 21.5. The van der Waals surface area contributed by atoms with Crippen molar-refractivity contribution in [2.75, 3.05) is 45.2 Å². The third kappa shape index (κ3) is 6.36. The summed E-state index contributed by atoms with van der Waals surface area (Å²) >= 11 is 6.51. The van der Waals surface area contributed by atoms with Crippen molar-refractivity contribution in [2.45, 2.75) is 12.6 Å². The number of hydrogen-bond acceptors (Lipinski definition) is 9. The Morgan fingerprint density at radius 1 is 1.08 bits per heavy atom. The number of aliphatic hydroxyl groups excluding tert-OH is 1. The SMILES string of the molecule is CN1CCN(C(=O)CO)CC1COc1cccc2ncnc(Nc3ccc(OCc4ccccn4)c(Cl)c3)c12. The first kappa shape index (κ1) is 26.6. The summed E-state index contributed by atoms with van der Waals surface area (Å²) in [6, 6.07) is 16.7. The molecule has 2 N–H and O–H groups in total. The van der Waals surface area contributed by atoms with Crippen molar-refractivity contribution in [1.29, 1.82) is 0 Å². The third-order valence-electron chi connectivity index (χ3n) is 6.62. The molecular weight excluding hydrogens is 520 g/mol. The van der Waals surface area contributed by atoms with Crippen molar-refractivity contribution < 1.29 is 19.4 Å². The summed E-state index contributed by atoms with van der Waals surface area (Å²) in [5, 5.41) is 13.8. The number of aliphatic hydroxyl groups is 1. The molecule has 202 valence electrons. The number of anilines is 2. The first-order chi connectivity index (χ1) is 19.0. The van der Waals surface area contributed by atoms with E-state index in [4.69, 9.17) is 21.1 Å². The highest BCUT2D eigenvalue weighted by molar-refractivity contribution is 6.32. The fourth-order valence-corrected chi connectivity index (χ4v) is 4.63. The molecule has 1 aliphatic rings. The van der Waals surface area contributed by atoms with Gasteiger partial charge in [0.2, 0.25) is 5.91 Å². The number of carbonyl (C=O) groups is 1. The molecule has 3 heterocycles. The van der Waals surface area contributed by atoms with Gasteiger partial charge in [-0.2, -0.15) is 0 Å². The van der Waals surface area contributed by atoms with Crippen LogP contribution in [0.15, 0.2) is 67.1 Å². The van der Waals surface area contributed by atoms with Gasteiger partial charge < -0.3 is 24.8 Å². The van der Waals surface area contributed by atoms with Gasteiger partial charge in [0.1, 0.15) is 43.5 Å². The lowest BCUT2D eigenvalue weighted by atomic mass is 10.1. The van der Waals surface area contributed by atoms with Gasteiger partial charge in [-0.15, -0.1) is 0 Å². The molecule has 1 amide bonds. The van der Waals surface area contributed by atoms with E-state index in [1.165, 1.54) is 6.33 Å². The zero-order chi connectivity index (χ0) is 27.2. The van der Waals surface area contributed by atoms with Crippen LogP contribution in [-0.4, -0.2) is 81.7 Å². The smallest absolute Gasteiger partial charge is 0.248 e. The van der Waals surface area contributed by atoms with Crippen LogP contribution in [0.4, 0.5) is 11.5 Å². The summed E-state index contributed by atoms with van der Waals surface area (Å²) in [6.07, 6.45) is 3.21. The zero-order valence-corrected chi connectivity index (χ0v) is 22.2. The van der Waals surface area contributed by atoms with Gasteiger partial charge >= 0.3 is 0 Å². The number of amides is 1. The fourth-order valence-electron chi connectivity index (χ4n) is 4.40. The molecule has 39 heavy (non-hydrogen) atoms. The number of benzene rings is 2. The van der Waals surface area contributed by atoms with E-state index in [2.05, 4.69) is 25.2 Å². The summed E-state index contributed by atoms with van der Waals surface area (Å²) in [4.78, 5) is 29.0. The van der Waals surface area contributed by atoms with Crippen LogP contribution in [0.25, 0.3) is 10.9 Å². The average Bonchev–Trinajstić information content (AvgIpc) is 2.96. The number of halogens is 1. The molecule has 1 unspecified atom stereocenters. The minimum atomic E-state index is -0.492. The van der Waals surface area contributed by atoms with Crippen LogP contribution in [0, 0.1) is 0 Å². The average molecular weight is 549 g/mol. The van der Waals surface area contributed by atoms with E-state index in [0.29, 0.717) is 55.2 Å². The van der Waals surface area contributed by atoms with Gasteiger partial charge in [-0.3, -0.25) is 14.7 Å². The van der Waals surface area contributed by atoms with Gasteiger partial charge in [-0.05, 0) is 49.5 Å². The Morgan fingerprint density at radius 2 is 1.97 bits per heavy atom. The minimum absolute atomic E-state index is 0.0250. The normalized spacial score (nSPS) is 15.8. The van der Waals surface area contributed by atoms with E-state index in [9.17, 15) is 9.90 Å². The predicted octanol–water partition coefficient (Wildman–Crippen LogP) is 3.51. The number of carbonyl (C=O) groups excluding carboxylic acids is 1. The Morgan fingerprint density at radius 3 is 2.77 bits per heavy atom. The van der Waals surface area contributed by atoms with E-state index >= 15 is 0 Å². The third-order valence-corrected chi connectivity index (χ3v) is 6.91. The lowest BCUT2D eigenvalue weighted by molar-refractivity contribution is -0.137. The molecule has 2 aromatic heterocycles. The number of nitrogens with zero attached hydrogens (tertiary/aromatic N) is 5. The molecule has 0 saturated carbocycles. The lowest BCUT2D eigenvalue weighted by Crippen LogP contribution is -2.55. The number of pyridine rings is 1. The maximum Gasteiger partial charge on any atom is 0.248 e. The summed E-state index contributed by atoms with van der Waals surface area (Å²) in [5.74, 6) is 1.47. The largest absolute Gasteiger partial charge is 0.491 e. The van der Waals surface area contributed by atoms with E-state index in [0.717, 1.165) is 22.3 Å². The molecule has 5 rings (SSSR count). The van der Waals surface area contributed by atoms with Crippen LogP contribution in [0.5, 0.6) is 11.5 Å². The van der Waals surface area contributed by atoms with Crippen LogP contribution in [0.1, 0.15) is 5.69 Å². The molecule has 10 nitrogen and oxygen atoms in total. The van der Waals surface area contributed by atoms with Crippen LogP contribution in [0.3, 0.4) is 0 Å². The maximum absolute atomic E-state index is 12.0. The lowest BCUT2D eigenvalue weighted by Gasteiger charge is -2.39. The van der Waals surface area contributed by atoms with Gasteiger partial charge in [-0.1, -0.05) is 23.7 Å². The van der Waals surface area contributed by atoms with Gasteiger partial charge in [0.25, 0.3) is 0 Å². The summed E-state index contributed by atoms with van der Waals surface area (Å²) in [6.45, 7) is 1.94. The Kier molecular flexibility index (Phi) is 8.36.